The molecule has 0 bridgehead atoms. The first kappa shape index (κ1) is 15.1. The number of amides is 1. The van der Waals surface area contributed by atoms with Gasteiger partial charge in [-0.2, -0.15) is 0 Å². The summed E-state index contributed by atoms with van der Waals surface area (Å²) in [5.41, 5.74) is 2.74. The lowest BCUT2D eigenvalue weighted by molar-refractivity contribution is 0.0931. The van der Waals surface area contributed by atoms with Crippen LogP contribution in [0.15, 0.2) is 36.5 Å². The van der Waals surface area contributed by atoms with Crippen LogP contribution in [0.4, 0.5) is 0 Å². The van der Waals surface area contributed by atoms with E-state index in [0.717, 1.165) is 16.6 Å². The highest BCUT2D eigenvalue weighted by Crippen LogP contribution is 2.18. The molecule has 0 aliphatic carbocycles. The van der Waals surface area contributed by atoms with E-state index in [-0.39, 0.29) is 5.91 Å². The molecule has 2 aromatic heterocycles. The fourth-order valence-corrected chi connectivity index (χ4v) is 2.33. The maximum Gasteiger partial charge on any atom is 0.273 e. The molecule has 0 aliphatic rings. The molecule has 0 saturated carbocycles. The average Bonchev–Trinajstić information content (AvgIpc) is 2.96. The van der Waals surface area contributed by atoms with E-state index in [1.165, 1.54) is 0 Å². The lowest BCUT2D eigenvalue weighted by atomic mass is 10.2. The van der Waals surface area contributed by atoms with Crippen LogP contribution in [-0.4, -0.2) is 46.1 Å². The Morgan fingerprint density at radius 1 is 1.35 bits per heavy atom. The van der Waals surface area contributed by atoms with Crippen LogP contribution in [0.2, 0.25) is 0 Å². The van der Waals surface area contributed by atoms with Gasteiger partial charge >= 0.3 is 0 Å². The van der Waals surface area contributed by atoms with Crippen LogP contribution in [0.5, 0.6) is 0 Å². The third-order valence-corrected chi connectivity index (χ3v) is 3.53. The summed E-state index contributed by atoms with van der Waals surface area (Å²) < 4.78 is 6.56. The summed E-state index contributed by atoms with van der Waals surface area (Å²) in [7, 11) is 1.59. The molecule has 1 aromatic carbocycles. The lowest BCUT2D eigenvalue weighted by Crippen LogP contribution is -2.27. The Morgan fingerprint density at radius 2 is 2.22 bits per heavy atom. The Labute approximate surface area is 133 Å². The molecule has 3 aromatic rings. The molecule has 0 fully saturated rings. The van der Waals surface area contributed by atoms with Gasteiger partial charge in [0.2, 0.25) is 0 Å². The predicted molar refractivity (Wildman–Crippen MR) is 85.6 cm³/mol. The van der Waals surface area contributed by atoms with Gasteiger partial charge in [0.15, 0.2) is 5.69 Å². The number of pyridine rings is 1. The fourth-order valence-electron chi connectivity index (χ4n) is 2.33. The second-order valence-corrected chi connectivity index (χ2v) is 5.06. The molecule has 2 heterocycles. The van der Waals surface area contributed by atoms with Crippen LogP contribution >= 0.6 is 0 Å². The van der Waals surface area contributed by atoms with Crippen LogP contribution in [0.3, 0.4) is 0 Å². The van der Waals surface area contributed by atoms with Gasteiger partial charge in [-0.25, -0.2) is 4.68 Å². The summed E-state index contributed by atoms with van der Waals surface area (Å²) in [4.78, 5) is 16.4. The van der Waals surface area contributed by atoms with E-state index < -0.39 is 0 Å². The maximum atomic E-state index is 12.1. The number of rotatable bonds is 5. The first-order chi connectivity index (χ1) is 11.2. The molecule has 0 aliphatic heterocycles. The fraction of sp³-hybridized carbons (Fsp3) is 0.250. The number of nitrogens with zero attached hydrogens (tertiary/aromatic N) is 4. The van der Waals surface area contributed by atoms with E-state index in [1.54, 1.807) is 18.0 Å². The third-order valence-electron chi connectivity index (χ3n) is 3.53. The van der Waals surface area contributed by atoms with Crippen LogP contribution in [0, 0.1) is 6.92 Å². The number of ether oxygens (including phenoxy) is 1. The van der Waals surface area contributed by atoms with Crippen molar-refractivity contribution in [2.45, 2.75) is 6.92 Å². The van der Waals surface area contributed by atoms with Crippen LogP contribution in [0.1, 0.15) is 16.2 Å². The van der Waals surface area contributed by atoms with Crippen molar-refractivity contribution in [2.75, 3.05) is 20.3 Å². The summed E-state index contributed by atoms with van der Waals surface area (Å²) in [6.07, 6.45) is 1.76. The van der Waals surface area contributed by atoms with Crippen molar-refractivity contribution in [2.24, 2.45) is 0 Å². The largest absolute Gasteiger partial charge is 0.383 e. The Balaban J connectivity index is 1.89. The van der Waals surface area contributed by atoms with E-state index in [1.807, 2.05) is 37.3 Å². The quantitative estimate of drug-likeness (QED) is 0.722. The zero-order chi connectivity index (χ0) is 16.2. The van der Waals surface area contributed by atoms with Gasteiger partial charge in [0.25, 0.3) is 5.91 Å². The predicted octanol–water partition coefficient (Wildman–Crippen LogP) is 1.50. The Hall–Kier alpha value is -2.80. The zero-order valence-corrected chi connectivity index (χ0v) is 13.0. The van der Waals surface area contributed by atoms with Gasteiger partial charge in [0.05, 0.1) is 23.5 Å². The number of benzene rings is 1. The first-order valence-corrected chi connectivity index (χ1v) is 7.25. The standard InChI is InChI=1S/C16H17N5O2/c1-11-15(16(22)18-8-9-23-2)19-20-21(11)13-5-6-14-12(10-13)4-3-7-17-14/h3-7,10H,8-9H2,1-2H3,(H,18,22). The zero-order valence-electron chi connectivity index (χ0n) is 13.0. The van der Waals surface area contributed by atoms with E-state index in [2.05, 4.69) is 20.6 Å². The molecule has 1 N–H and O–H groups in total. The van der Waals surface area contributed by atoms with Crippen molar-refractivity contribution in [3.05, 3.63) is 47.9 Å². The number of nitrogens with one attached hydrogen (secondary N) is 1. The van der Waals surface area contributed by atoms with E-state index in [4.69, 9.17) is 4.74 Å². The number of methoxy groups -OCH3 is 1. The highest BCUT2D eigenvalue weighted by Gasteiger charge is 2.17. The normalized spacial score (nSPS) is 10.9. The van der Waals surface area contributed by atoms with Gasteiger partial charge in [-0.15, -0.1) is 5.10 Å². The molecule has 0 radical (unpaired) electrons. The van der Waals surface area contributed by atoms with Crippen LogP contribution < -0.4 is 5.32 Å². The summed E-state index contributed by atoms with van der Waals surface area (Å²) in [5, 5.41) is 11.8. The molecule has 23 heavy (non-hydrogen) atoms. The van der Waals surface area contributed by atoms with Gasteiger partial charge in [-0.05, 0) is 31.2 Å². The van der Waals surface area contributed by atoms with Crippen molar-refractivity contribution in [1.82, 2.24) is 25.3 Å². The van der Waals surface area contributed by atoms with E-state index >= 15 is 0 Å². The van der Waals surface area contributed by atoms with Gasteiger partial charge in [0.1, 0.15) is 0 Å². The molecule has 118 valence electrons. The van der Waals surface area contributed by atoms with Gasteiger partial charge in [-0.1, -0.05) is 11.3 Å². The minimum Gasteiger partial charge on any atom is -0.383 e. The topological polar surface area (TPSA) is 81.9 Å². The monoisotopic (exact) mass is 311 g/mol. The molecular weight excluding hydrogens is 294 g/mol. The molecule has 0 spiro atoms. The SMILES string of the molecule is COCCNC(=O)c1nnn(-c2ccc3ncccc3c2)c1C. The average molecular weight is 311 g/mol. The van der Waals surface area contributed by atoms with Crippen molar-refractivity contribution in [3.8, 4) is 5.69 Å². The smallest absolute Gasteiger partial charge is 0.273 e. The van der Waals surface area contributed by atoms with Crippen molar-refractivity contribution < 1.29 is 9.53 Å². The van der Waals surface area contributed by atoms with Gasteiger partial charge in [-0.3, -0.25) is 9.78 Å². The van der Waals surface area contributed by atoms with E-state index in [9.17, 15) is 4.79 Å². The maximum absolute atomic E-state index is 12.1. The minimum atomic E-state index is -0.256. The lowest BCUT2D eigenvalue weighted by Gasteiger charge is -2.06. The number of aromatic nitrogens is 4. The van der Waals surface area contributed by atoms with Crippen LogP contribution in [-0.2, 0) is 4.74 Å². The Bertz CT molecular complexity index is 843. The first-order valence-electron chi connectivity index (χ1n) is 7.25. The third kappa shape index (κ3) is 3.04. The summed E-state index contributed by atoms with van der Waals surface area (Å²) in [5.74, 6) is -0.256. The molecule has 3 rings (SSSR count). The molecule has 7 heteroatoms. The second-order valence-electron chi connectivity index (χ2n) is 5.06. The number of carbonyl (C=O) groups is 1. The molecule has 1 amide bonds. The number of hydrogen-bond acceptors (Lipinski definition) is 5. The highest BCUT2D eigenvalue weighted by molar-refractivity contribution is 5.93. The Kier molecular flexibility index (Phi) is 4.29. The number of fused-ring (bicyclic) bond motifs is 1. The molecule has 0 atom stereocenters. The molecular formula is C16H17N5O2. The van der Waals surface area contributed by atoms with Gasteiger partial charge < -0.3 is 10.1 Å². The van der Waals surface area contributed by atoms with Crippen molar-refractivity contribution in [3.63, 3.8) is 0 Å². The second kappa shape index (κ2) is 6.53. The van der Waals surface area contributed by atoms with Crippen molar-refractivity contribution >= 4 is 16.8 Å². The summed E-state index contributed by atoms with van der Waals surface area (Å²) in [6, 6.07) is 9.66. The molecule has 7 nitrogen and oxygen atoms in total. The summed E-state index contributed by atoms with van der Waals surface area (Å²) >= 11 is 0. The summed E-state index contributed by atoms with van der Waals surface area (Å²) in [6.45, 7) is 2.71. The van der Waals surface area contributed by atoms with Crippen molar-refractivity contribution in [1.29, 1.82) is 0 Å². The number of carbonyl (C=O) groups excluding carboxylic acids is 1. The molecule has 0 saturated heterocycles. The van der Waals surface area contributed by atoms with E-state index in [0.29, 0.717) is 24.5 Å². The minimum absolute atomic E-state index is 0.256. The molecule has 0 unspecified atom stereocenters. The Morgan fingerprint density at radius 3 is 3.04 bits per heavy atom. The van der Waals surface area contributed by atoms with Gasteiger partial charge in [0, 0.05) is 25.2 Å². The van der Waals surface area contributed by atoms with Crippen LogP contribution in [0.25, 0.3) is 16.6 Å². The number of hydrogen-bond donors (Lipinski definition) is 1. The highest BCUT2D eigenvalue weighted by atomic mass is 16.5.